The van der Waals surface area contributed by atoms with E-state index >= 15 is 0 Å². The van der Waals surface area contributed by atoms with E-state index in [0.717, 1.165) is 0 Å². The largest absolute Gasteiger partial charge is 0.249 e. The second-order valence-corrected chi connectivity index (χ2v) is 8.48. The monoisotopic (exact) mass is 267 g/mol. The molecule has 0 saturated heterocycles. The zero-order chi connectivity index (χ0) is 14.1. The first-order chi connectivity index (χ1) is 8.06. The molecule has 1 rings (SSSR count). The van der Waals surface area contributed by atoms with Crippen LogP contribution >= 0.6 is 11.3 Å². The minimum atomic E-state index is 0.221. The van der Waals surface area contributed by atoms with E-state index in [4.69, 9.17) is 0 Å². The van der Waals surface area contributed by atoms with Crippen LogP contribution in [0.1, 0.15) is 77.6 Å². The SMILES string of the molecule is CC(C)c1ncc(C(C)(C)CC(C)(C)C(C)C)s1. The van der Waals surface area contributed by atoms with Crippen LogP contribution in [0.15, 0.2) is 6.20 Å². The van der Waals surface area contributed by atoms with Crippen molar-refractivity contribution in [3.63, 3.8) is 0 Å². The number of rotatable bonds is 5. The molecule has 2 heteroatoms. The standard InChI is InChI=1S/C16H29NS/c1-11(2)14-17-9-13(18-14)16(7,8)10-15(5,6)12(3)4/h9,11-12H,10H2,1-8H3. The molecule has 0 amide bonds. The Kier molecular flexibility index (Phi) is 4.64. The maximum atomic E-state index is 4.58. The van der Waals surface area contributed by atoms with Crippen LogP contribution in [0.4, 0.5) is 0 Å². The maximum absolute atomic E-state index is 4.58. The molecule has 0 saturated carbocycles. The van der Waals surface area contributed by atoms with Gasteiger partial charge in [-0.1, -0.05) is 55.4 Å². The Balaban J connectivity index is 2.91. The van der Waals surface area contributed by atoms with E-state index in [0.29, 0.717) is 17.3 Å². The number of aromatic nitrogens is 1. The zero-order valence-corrected chi connectivity index (χ0v) is 14.1. The Morgan fingerprint density at radius 3 is 2.06 bits per heavy atom. The summed E-state index contributed by atoms with van der Waals surface area (Å²) >= 11 is 1.89. The predicted molar refractivity (Wildman–Crippen MR) is 82.5 cm³/mol. The molecule has 104 valence electrons. The average molecular weight is 267 g/mol. The highest BCUT2D eigenvalue weighted by atomic mass is 32.1. The van der Waals surface area contributed by atoms with Crippen molar-refractivity contribution in [1.29, 1.82) is 0 Å². The van der Waals surface area contributed by atoms with E-state index in [1.54, 1.807) is 0 Å². The van der Waals surface area contributed by atoms with Crippen molar-refractivity contribution in [3.05, 3.63) is 16.1 Å². The molecule has 0 aliphatic rings. The number of hydrogen-bond acceptors (Lipinski definition) is 2. The van der Waals surface area contributed by atoms with Crippen LogP contribution in [0.2, 0.25) is 0 Å². The summed E-state index contributed by atoms with van der Waals surface area (Å²) in [7, 11) is 0. The van der Waals surface area contributed by atoms with E-state index in [2.05, 4.69) is 66.6 Å². The van der Waals surface area contributed by atoms with Gasteiger partial charge >= 0.3 is 0 Å². The molecular formula is C16H29NS. The van der Waals surface area contributed by atoms with Gasteiger partial charge in [0.1, 0.15) is 0 Å². The van der Waals surface area contributed by atoms with Gasteiger partial charge in [0.15, 0.2) is 0 Å². The number of nitrogens with zero attached hydrogens (tertiary/aromatic N) is 1. The molecule has 18 heavy (non-hydrogen) atoms. The van der Waals surface area contributed by atoms with Crippen molar-refractivity contribution in [2.45, 2.75) is 73.1 Å². The Morgan fingerprint density at radius 1 is 1.11 bits per heavy atom. The quantitative estimate of drug-likeness (QED) is 0.675. The highest BCUT2D eigenvalue weighted by Gasteiger charge is 2.33. The van der Waals surface area contributed by atoms with Gasteiger partial charge < -0.3 is 0 Å². The lowest BCUT2D eigenvalue weighted by atomic mass is 9.69. The van der Waals surface area contributed by atoms with Gasteiger partial charge in [0.2, 0.25) is 0 Å². The lowest BCUT2D eigenvalue weighted by Gasteiger charge is -2.37. The van der Waals surface area contributed by atoms with Gasteiger partial charge in [0.05, 0.1) is 5.01 Å². The van der Waals surface area contributed by atoms with Crippen molar-refractivity contribution >= 4 is 11.3 Å². The third-order valence-electron chi connectivity index (χ3n) is 4.15. The van der Waals surface area contributed by atoms with Crippen LogP contribution in [-0.2, 0) is 5.41 Å². The predicted octanol–water partition coefficient (Wildman–Crippen LogP) is 5.62. The molecule has 0 unspecified atom stereocenters. The van der Waals surface area contributed by atoms with Crippen molar-refractivity contribution in [2.75, 3.05) is 0 Å². The normalized spacial score (nSPS) is 13.7. The minimum absolute atomic E-state index is 0.221. The smallest absolute Gasteiger partial charge is 0.0953 e. The Hall–Kier alpha value is -0.370. The first-order valence-corrected chi connectivity index (χ1v) is 7.84. The van der Waals surface area contributed by atoms with E-state index in [9.17, 15) is 0 Å². The summed E-state index contributed by atoms with van der Waals surface area (Å²) < 4.78 is 0. The van der Waals surface area contributed by atoms with E-state index in [-0.39, 0.29) is 5.41 Å². The molecule has 0 bridgehead atoms. The second-order valence-electron chi connectivity index (χ2n) is 7.42. The summed E-state index contributed by atoms with van der Waals surface area (Å²) in [6, 6.07) is 0. The molecule has 0 N–H and O–H groups in total. The first-order valence-electron chi connectivity index (χ1n) is 7.02. The van der Waals surface area contributed by atoms with Crippen molar-refractivity contribution < 1.29 is 0 Å². The molecule has 0 spiro atoms. The second kappa shape index (κ2) is 5.32. The highest BCUT2D eigenvalue weighted by Crippen LogP contribution is 2.42. The Bertz CT molecular complexity index is 386. The van der Waals surface area contributed by atoms with Crippen LogP contribution in [-0.4, -0.2) is 4.98 Å². The van der Waals surface area contributed by atoms with Crippen LogP contribution in [0, 0.1) is 11.3 Å². The molecular weight excluding hydrogens is 238 g/mol. The molecule has 0 atom stereocenters. The third kappa shape index (κ3) is 3.57. The van der Waals surface area contributed by atoms with Gasteiger partial charge in [-0.3, -0.25) is 0 Å². The van der Waals surface area contributed by atoms with Crippen LogP contribution < -0.4 is 0 Å². The topological polar surface area (TPSA) is 12.9 Å². The summed E-state index contributed by atoms with van der Waals surface area (Å²) in [6.07, 6.45) is 3.30. The lowest BCUT2D eigenvalue weighted by Crippen LogP contribution is -2.29. The van der Waals surface area contributed by atoms with E-state index in [1.807, 2.05) is 11.3 Å². The minimum Gasteiger partial charge on any atom is -0.249 e. The molecule has 1 heterocycles. The van der Waals surface area contributed by atoms with Gasteiger partial charge in [-0.2, -0.15) is 0 Å². The molecule has 0 fully saturated rings. The first kappa shape index (κ1) is 15.7. The molecule has 1 nitrogen and oxygen atoms in total. The third-order valence-corrected chi connectivity index (χ3v) is 5.81. The van der Waals surface area contributed by atoms with Crippen molar-refractivity contribution in [2.24, 2.45) is 11.3 Å². The van der Waals surface area contributed by atoms with Gasteiger partial charge in [-0.15, -0.1) is 11.3 Å². The number of hydrogen-bond donors (Lipinski definition) is 0. The summed E-state index contributed by atoms with van der Waals surface area (Å²) in [4.78, 5) is 6.01. The molecule has 0 aliphatic heterocycles. The fraction of sp³-hybridized carbons (Fsp3) is 0.812. The molecule has 1 aromatic heterocycles. The Morgan fingerprint density at radius 2 is 1.67 bits per heavy atom. The van der Waals surface area contributed by atoms with E-state index < -0.39 is 0 Å². The van der Waals surface area contributed by atoms with Crippen LogP contribution in [0.3, 0.4) is 0 Å². The molecule has 0 radical (unpaired) electrons. The fourth-order valence-corrected chi connectivity index (χ4v) is 3.32. The van der Waals surface area contributed by atoms with Crippen LogP contribution in [0.25, 0.3) is 0 Å². The van der Waals surface area contributed by atoms with Gasteiger partial charge in [0.25, 0.3) is 0 Å². The fourth-order valence-electron chi connectivity index (χ4n) is 2.30. The van der Waals surface area contributed by atoms with Crippen molar-refractivity contribution in [3.8, 4) is 0 Å². The lowest BCUT2D eigenvalue weighted by molar-refractivity contribution is 0.182. The van der Waals surface area contributed by atoms with E-state index in [1.165, 1.54) is 16.3 Å². The maximum Gasteiger partial charge on any atom is 0.0953 e. The molecule has 1 aromatic rings. The van der Waals surface area contributed by atoms with Gasteiger partial charge in [0, 0.05) is 22.4 Å². The molecule has 0 aromatic carbocycles. The summed E-state index contributed by atoms with van der Waals surface area (Å²) in [5.41, 5.74) is 0.587. The number of thiazole rings is 1. The highest BCUT2D eigenvalue weighted by molar-refractivity contribution is 7.11. The summed E-state index contributed by atoms with van der Waals surface area (Å²) in [5, 5.41) is 1.26. The van der Waals surface area contributed by atoms with Crippen molar-refractivity contribution in [1.82, 2.24) is 4.98 Å². The molecule has 0 aliphatic carbocycles. The Labute approximate surface area is 117 Å². The zero-order valence-electron chi connectivity index (χ0n) is 13.3. The van der Waals surface area contributed by atoms with Gasteiger partial charge in [-0.25, -0.2) is 4.98 Å². The van der Waals surface area contributed by atoms with Crippen LogP contribution in [0.5, 0.6) is 0 Å². The van der Waals surface area contributed by atoms with Gasteiger partial charge in [-0.05, 0) is 17.8 Å². The summed E-state index contributed by atoms with van der Waals surface area (Å²) in [5.74, 6) is 1.24. The summed E-state index contributed by atoms with van der Waals surface area (Å²) in [6.45, 7) is 18.5. The average Bonchev–Trinajstić information content (AvgIpc) is 2.64.